The van der Waals surface area contributed by atoms with E-state index in [0.29, 0.717) is 0 Å². The van der Waals surface area contributed by atoms with E-state index in [9.17, 15) is 14.8 Å². The Balaban J connectivity index is 0. The molecule has 26 heavy (non-hydrogen) atoms. The van der Waals surface area contributed by atoms with Crippen LogP contribution in [-0.4, -0.2) is 45.5 Å². The Morgan fingerprint density at radius 1 is 1.08 bits per heavy atom. The maximum Gasteiger partial charge on any atom is 0.323 e. The zero-order chi connectivity index (χ0) is 21.0. The van der Waals surface area contributed by atoms with Crippen LogP contribution in [0.4, 0.5) is 0 Å². The monoisotopic (exact) mass is 371 g/mol. The number of esters is 1. The zero-order valence-corrected chi connectivity index (χ0v) is 17.6. The van der Waals surface area contributed by atoms with Crippen molar-refractivity contribution >= 4 is 11.9 Å². The number of carbonyl (C=O) groups is 2. The molecule has 1 saturated heterocycles. The van der Waals surface area contributed by atoms with Gasteiger partial charge in [0.2, 0.25) is 0 Å². The van der Waals surface area contributed by atoms with Crippen molar-refractivity contribution in [1.29, 1.82) is 0 Å². The molecule has 0 amide bonds. The molecule has 1 atom stereocenters. The van der Waals surface area contributed by atoms with E-state index in [1.165, 1.54) is 23.6 Å². The minimum atomic E-state index is -1.22. The predicted octanol–water partition coefficient (Wildman–Crippen LogP) is 4.44. The number of rotatable bonds is 4. The fourth-order valence-corrected chi connectivity index (χ4v) is 2.66. The summed E-state index contributed by atoms with van der Waals surface area (Å²) in [5.41, 5.74) is -0.0799. The molecular formula is C20H37NO5. The van der Waals surface area contributed by atoms with Gasteiger partial charge in [-0.2, -0.15) is 5.06 Å². The van der Waals surface area contributed by atoms with Crippen LogP contribution in [-0.2, 0) is 14.3 Å². The number of hydroxylamine groups is 2. The Bertz CT molecular complexity index is 465. The van der Waals surface area contributed by atoms with Crippen molar-refractivity contribution in [2.45, 2.75) is 78.8 Å². The number of allylic oxidation sites excluding steroid dienone is 3. The molecule has 0 aromatic rings. The van der Waals surface area contributed by atoms with Gasteiger partial charge in [0, 0.05) is 11.1 Å². The van der Waals surface area contributed by atoms with E-state index < -0.39 is 17.9 Å². The molecule has 0 aromatic heterocycles. The smallest absolute Gasteiger partial charge is 0.323 e. The van der Waals surface area contributed by atoms with Gasteiger partial charge in [0.15, 0.2) is 5.92 Å². The molecule has 6 nitrogen and oxygen atoms in total. The quantitative estimate of drug-likeness (QED) is 0.432. The first-order chi connectivity index (χ1) is 12.0. The van der Waals surface area contributed by atoms with Crippen molar-refractivity contribution in [2.75, 3.05) is 7.11 Å². The average molecular weight is 372 g/mol. The molecule has 1 fully saturated rings. The van der Waals surface area contributed by atoms with Crippen molar-refractivity contribution in [3.8, 4) is 0 Å². The van der Waals surface area contributed by atoms with Gasteiger partial charge in [-0.1, -0.05) is 38.2 Å². The van der Waals surface area contributed by atoms with Crippen molar-refractivity contribution in [3.05, 3.63) is 24.3 Å². The zero-order valence-electron chi connectivity index (χ0n) is 17.6. The van der Waals surface area contributed by atoms with Crippen LogP contribution in [0, 0.1) is 5.92 Å². The lowest BCUT2D eigenvalue weighted by Crippen LogP contribution is -2.56. The van der Waals surface area contributed by atoms with Crippen LogP contribution in [0.2, 0.25) is 0 Å². The molecule has 6 heteroatoms. The predicted molar refractivity (Wildman–Crippen MR) is 104 cm³/mol. The van der Waals surface area contributed by atoms with E-state index in [0.717, 1.165) is 20.0 Å². The fraction of sp³-hybridized carbons (Fsp3) is 0.700. The van der Waals surface area contributed by atoms with Crippen LogP contribution in [0.15, 0.2) is 24.3 Å². The third-order valence-corrected chi connectivity index (χ3v) is 4.05. The van der Waals surface area contributed by atoms with E-state index >= 15 is 0 Å². The molecule has 2 N–H and O–H groups in total. The molecular weight excluding hydrogens is 334 g/mol. The number of piperidine rings is 1. The molecule has 152 valence electrons. The fourth-order valence-electron chi connectivity index (χ4n) is 2.66. The first kappa shape index (κ1) is 26.6. The standard InChI is InChI=1S/C9H19NO.C9H12O4.C2H6/c1-8(2)6-5-7-9(3,4)10(8)11;1-3-4-5-6-7(8(10)11)9(12)13-2;1-2/h11H,5-7H2,1-4H3;3-7H,1-2H3,(H,10,11);1-2H3/b;4-3-,6-5-;. The van der Waals surface area contributed by atoms with Crippen LogP contribution in [0.3, 0.4) is 0 Å². The van der Waals surface area contributed by atoms with E-state index in [4.69, 9.17) is 5.11 Å². The van der Waals surface area contributed by atoms with E-state index in [-0.39, 0.29) is 11.1 Å². The van der Waals surface area contributed by atoms with Gasteiger partial charge in [-0.15, -0.1) is 0 Å². The Hall–Kier alpha value is -1.66. The van der Waals surface area contributed by atoms with Gasteiger partial charge in [-0.05, 0) is 53.9 Å². The summed E-state index contributed by atoms with van der Waals surface area (Å²) in [6.07, 6.45) is 9.53. The number of carboxylic acid groups (broad SMARTS) is 1. The molecule has 1 unspecified atom stereocenters. The summed E-state index contributed by atoms with van der Waals surface area (Å²) in [6, 6.07) is 0. The first-order valence-corrected chi connectivity index (χ1v) is 9.09. The highest BCUT2D eigenvalue weighted by Gasteiger charge is 2.40. The highest BCUT2D eigenvalue weighted by atomic mass is 16.5. The van der Waals surface area contributed by atoms with Crippen molar-refractivity contribution in [2.24, 2.45) is 5.92 Å². The molecule has 0 bridgehead atoms. The summed E-state index contributed by atoms with van der Waals surface area (Å²) in [5, 5.41) is 19.9. The number of ether oxygens (including phenoxy) is 1. The second-order valence-electron chi connectivity index (χ2n) is 7.04. The van der Waals surface area contributed by atoms with Gasteiger partial charge in [-0.3, -0.25) is 9.59 Å². The second kappa shape index (κ2) is 12.7. The summed E-state index contributed by atoms with van der Waals surface area (Å²) >= 11 is 0. The minimum Gasteiger partial charge on any atom is -0.480 e. The summed E-state index contributed by atoms with van der Waals surface area (Å²) < 4.78 is 4.31. The maximum absolute atomic E-state index is 10.9. The van der Waals surface area contributed by atoms with E-state index in [1.807, 2.05) is 13.8 Å². The number of hydrogen-bond acceptors (Lipinski definition) is 5. The van der Waals surface area contributed by atoms with Crippen LogP contribution < -0.4 is 0 Å². The van der Waals surface area contributed by atoms with Crippen LogP contribution >= 0.6 is 0 Å². The highest BCUT2D eigenvalue weighted by molar-refractivity contribution is 5.95. The summed E-state index contributed by atoms with van der Waals surface area (Å²) in [7, 11) is 1.15. The Morgan fingerprint density at radius 2 is 1.54 bits per heavy atom. The Morgan fingerprint density at radius 3 is 1.85 bits per heavy atom. The Labute approximate surface area is 158 Å². The van der Waals surface area contributed by atoms with Crippen LogP contribution in [0.1, 0.15) is 67.7 Å². The maximum atomic E-state index is 10.9. The van der Waals surface area contributed by atoms with Gasteiger partial charge >= 0.3 is 11.9 Å². The third kappa shape index (κ3) is 9.15. The number of nitrogens with zero attached hydrogens (tertiary/aromatic N) is 1. The minimum absolute atomic E-state index is 0.0399. The van der Waals surface area contributed by atoms with Crippen LogP contribution in [0.25, 0.3) is 0 Å². The number of aliphatic carboxylic acids is 1. The summed E-state index contributed by atoms with van der Waals surface area (Å²) in [6.45, 7) is 14.2. The molecule has 1 aliphatic heterocycles. The topological polar surface area (TPSA) is 87.1 Å². The van der Waals surface area contributed by atoms with E-state index in [1.54, 1.807) is 19.1 Å². The molecule has 1 heterocycles. The number of methoxy groups -OCH3 is 1. The lowest BCUT2D eigenvalue weighted by atomic mass is 9.82. The normalized spacial score (nSPS) is 19.7. The van der Waals surface area contributed by atoms with Crippen molar-refractivity contribution in [1.82, 2.24) is 5.06 Å². The second-order valence-corrected chi connectivity index (χ2v) is 7.04. The van der Waals surface area contributed by atoms with Crippen molar-refractivity contribution in [3.63, 3.8) is 0 Å². The van der Waals surface area contributed by atoms with Gasteiger partial charge in [0.05, 0.1) is 7.11 Å². The summed E-state index contributed by atoms with van der Waals surface area (Å²) in [5.74, 6) is -3.21. The van der Waals surface area contributed by atoms with Crippen LogP contribution in [0.5, 0.6) is 0 Å². The molecule has 1 rings (SSSR count). The average Bonchev–Trinajstić information content (AvgIpc) is 2.58. The lowest BCUT2D eigenvalue weighted by Gasteiger charge is -2.48. The lowest BCUT2D eigenvalue weighted by molar-refractivity contribution is -0.241. The van der Waals surface area contributed by atoms with Gasteiger partial charge in [0.1, 0.15) is 0 Å². The SMILES string of the molecule is C/C=C\C=C/C(C(=O)O)C(=O)OC.CC.CC1(C)CCCC(C)(C)N1O. The first-order valence-electron chi connectivity index (χ1n) is 9.09. The molecule has 0 radical (unpaired) electrons. The molecule has 0 saturated carbocycles. The molecule has 0 aromatic carbocycles. The van der Waals surface area contributed by atoms with E-state index in [2.05, 4.69) is 32.4 Å². The third-order valence-electron chi connectivity index (χ3n) is 4.05. The number of hydrogen-bond donors (Lipinski definition) is 2. The molecule has 0 aliphatic carbocycles. The molecule has 1 aliphatic rings. The Kier molecular flexibility index (Phi) is 12.9. The largest absolute Gasteiger partial charge is 0.480 e. The van der Waals surface area contributed by atoms with Gasteiger partial charge in [0.25, 0.3) is 0 Å². The number of carbonyl (C=O) groups excluding carboxylic acids is 1. The van der Waals surface area contributed by atoms with Gasteiger partial charge < -0.3 is 15.1 Å². The highest BCUT2D eigenvalue weighted by Crippen LogP contribution is 2.35. The van der Waals surface area contributed by atoms with Crippen molar-refractivity contribution < 1.29 is 24.6 Å². The van der Waals surface area contributed by atoms with Gasteiger partial charge in [-0.25, -0.2) is 0 Å². The molecule has 0 spiro atoms. The summed E-state index contributed by atoms with van der Waals surface area (Å²) in [4.78, 5) is 21.4. The number of carboxylic acids is 1.